The van der Waals surface area contributed by atoms with Gasteiger partial charge in [-0.05, 0) is 30.3 Å². The summed E-state index contributed by atoms with van der Waals surface area (Å²) >= 11 is 0. The van der Waals surface area contributed by atoms with Crippen LogP contribution in [0.3, 0.4) is 0 Å². The number of rotatable bonds is 5. The number of amides is 1. The van der Waals surface area contributed by atoms with Crippen LogP contribution in [0.4, 0.5) is 18.9 Å². The fourth-order valence-corrected chi connectivity index (χ4v) is 5.39. The third kappa shape index (κ3) is 4.57. The zero-order valence-electron chi connectivity index (χ0n) is 19.5. The molecule has 12 heteroatoms. The Morgan fingerprint density at radius 3 is 2.50 bits per heavy atom. The molecule has 0 saturated carbocycles. The normalized spacial score (nSPS) is 17.3. The highest BCUT2D eigenvalue weighted by atomic mass is 32.2. The quantitative estimate of drug-likeness (QED) is 0.512. The van der Waals surface area contributed by atoms with Crippen LogP contribution in [0.15, 0.2) is 47.6 Å². The molecule has 0 aliphatic carbocycles. The van der Waals surface area contributed by atoms with E-state index in [2.05, 4.69) is 10.1 Å². The van der Waals surface area contributed by atoms with Crippen molar-refractivity contribution >= 4 is 21.4 Å². The lowest BCUT2D eigenvalue weighted by atomic mass is 10.0. The van der Waals surface area contributed by atoms with Crippen molar-refractivity contribution in [2.45, 2.75) is 43.7 Å². The summed E-state index contributed by atoms with van der Waals surface area (Å²) in [6, 6.07) is 7.09. The van der Waals surface area contributed by atoms with E-state index in [0.717, 1.165) is 11.8 Å². The molecule has 3 aromatic rings. The van der Waals surface area contributed by atoms with Crippen molar-refractivity contribution in [3.63, 3.8) is 0 Å². The molecule has 5 rings (SSSR count). The number of sulfone groups is 1. The Bertz CT molecular complexity index is 1390. The SMILES string of the molecule is CCS(=O)(=O)c1ccc(N2CCC(F)(F)CC2)c(C(=O)N2Cc3cn(-c4ccc(F)cn4)nc3C2)c1. The summed E-state index contributed by atoms with van der Waals surface area (Å²) in [6.45, 7) is 2.06. The van der Waals surface area contributed by atoms with E-state index in [1.807, 2.05) is 0 Å². The standard InChI is InChI=1S/C24H24F3N5O3S/c1-2-36(34,35)18-4-5-21(30-9-7-24(26,27)8-10-30)19(11-18)23(33)31-13-16-14-32(29-20(16)15-31)22-6-3-17(25)12-28-22/h3-6,11-12,14H,2,7-10,13,15H2,1H3. The first-order chi connectivity index (χ1) is 17.1. The van der Waals surface area contributed by atoms with E-state index in [4.69, 9.17) is 0 Å². The number of fused-ring (bicyclic) bond motifs is 1. The summed E-state index contributed by atoms with van der Waals surface area (Å²) < 4.78 is 67.2. The number of hydrogen-bond acceptors (Lipinski definition) is 6. The molecule has 1 amide bonds. The van der Waals surface area contributed by atoms with Crippen molar-refractivity contribution < 1.29 is 26.4 Å². The number of carbonyl (C=O) groups excluding carboxylic acids is 1. The number of nitrogens with zero attached hydrogens (tertiary/aromatic N) is 5. The topological polar surface area (TPSA) is 88.4 Å². The first-order valence-electron chi connectivity index (χ1n) is 11.5. The van der Waals surface area contributed by atoms with Crippen molar-refractivity contribution in [2.24, 2.45) is 0 Å². The van der Waals surface area contributed by atoms with Gasteiger partial charge in [0.25, 0.3) is 11.8 Å². The van der Waals surface area contributed by atoms with Crippen LogP contribution in [-0.2, 0) is 22.9 Å². The van der Waals surface area contributed by atoms with E-state index in [1.165, 1.54) is 41.9 Å². The Morgan fingerprint density at radius 1 is 1.11 bits per heavy atom. The second-order valence-corrected chi connectivity index (χ2v) is 11.2. The summed E-state index contributed by atoms with van der Waals surface area (Å²) in [5, 5.41) is 4.46. The highest BCUT2D eigenvalue weighted by Gasteiger charge is 2.36. The van der Waals surface area contributed by atoms with E-state index >= 15 is 0 Å². The number of hydrogen-bond donors (Lipinski definition) is 0. The van der Waals surface area contributed by atoms with Crippen LogP contribution < -0.4 is 4.90 Å². The lowest BCUT2D eigenvalue weighted by molar-refractivity contribution is -0.0220. The van der Waals surface area contributed by atoms with Crippen molar-refractivity contribution in [3.05, 3.63) is 65.4 Å². The summed E-state index contributed by atoms with van der Waals surface area (Å²) in [4.78, 5) is 20.9. The summed E-state index contributed by atoms with van der Waals surface area (Å²) in [5.74, 6) is -3.31. The van der Waals surface area contributed by atoms with Crippen LogP contribution in [0.25, 0.3) is 5.82 Å². The minimum Gasteiger partial charge on any atom is -0.370 e. The Balaban J connectivity index is 1.43. The van der Waals surface area contributed by atoms with Crippen molar-refractivity contribution in [3.8, 4) is 5.82 Å². The second kappa shape index (κ2) is 8.91. The van der Waals surface area contributed by atoms with Crippen molar-refractivity contribution in [1.82, 2.24) is 19.7 Å². The van der Waals surface area contributed by atoms with E-state index in [9.17, 15) is 26.4 Å². The van der Waals surface area contributed by atoms with Gasteiger partial charge in [0.05, 0.1) is 34.6 Å². The Hall–Kier alpha value is -3.41. The van der Waals surface area contributed by atoms with Gasteiger partial charge in [-0.25, -0.2) is 31.3 Å². The number of aromatic nitrogens is 3. The number of piperidine rings is 1. The Labute approximate surface area is 206 Å². The van der Waals surface area contributed by atoms with E-state index < -0.39 is 27.5 Å². The molecule has 0 unspecified atom stereocenters. The highest BCUT2D eigenvalue weighted by molar-refractivity contribution is 7.91. The molecule has 2 aromatic heterocycles. The van der Waals surface area contributed by atoms with Crippen LogP contribution in [0, 0.1) is 5.82 Å². The van der Waals surface area contributed by atoms with E-state index in [-0.39, 0.29) is 55.2 Å². The first-order valence-corrected chi connectivity index (χ1v) is 13.2. The minimum absolute atomic E-state index is 0.0175. The van der Waals surface area contributed by atoms with Gasteiger partial charge in [-0.15, -0.1) is 0 Å². The van der Waals surface area contributed by atoms with Gasteiger partial charge in [0.2, 0.25) is 0 Å². The van der Waals surface area contributed by atoms with Crippen LogP contribution in [0.2, 0.25) is 0 Å². The van der Waals surface area contributed by atoms with Gasteiger partial charge in [-0.2, -0.15) is 5.10 Å². The van der Waals surface area contributed by atoms with Crippen LogP contribution >= 0.6 is 0 Å². The third-order valence-corrected chi connectivity index (χ3v) is 8.32. The molecule has 0 spiro atoms. The molecule has 1 saturated heterocycles. The molecule has 0 N–H and O–H groups in total. The molecule has 2 aliphatic heterocycles. The lowest BCUT2D eigenvalue weighted by Gasteiger charge is -2.35. The number of anilines is 1. The maximum Gasteiger partial charge on any atom is 0.256 e. The van der Waals surface area contributed by atoms with Crippen LogP contribution in [0.1, 0.15) is 41.4 Å². The molecule has 0 radical (unpaired) electrons. The van der Waals surface area contributed by atoms with Gasteiger partial charge >= 0.3 is 0 Å². The fourth-order valence-electron chi connectivity index (χ4n) is 4.48. The summed E-state index contributed by atoms with van der Waals surface area (Å²) in [7, 11) is -3.58. The highest BCUT2D eigenvalue weighted by Crippen LogP contribution is 2.34. The van der Waals surface area contributed by atoms with Crippen LogP contribution in [-0.4, -0.2) is 58.8 Å². The van der Waals surface area contributed by atoms with Gasteiger partial charge in [-0.3, -0.25) is 4.79 Å². The van der Waals surface area contributed by atoms with E-state index in [1.54, 1.807) is 16.0 Å². The molecule has 0 bridgehead atoms. The van der Waals surface area contributed by atoms with Gasteiger partial charge in [0.1, 0.15) is 5.82 Å². The van der Waals surface area contributed by atoms with Crippen molar-refractivity contribution in [2.75, 3.05) is 23.7 Å². The molecule has 1 aromatic carbocycles. The number of alkyl halides is 2. The molecule has 0 atom stereocenters. The van der Waals surface area contributed by atoms with Gasteiger partial charge in [0, 0.05) is 49.9 Å². The average Bonchev–Trinajstić information content (AvgIpc) is 3.43. The van der Waals surface area contributed by atoms with Crippen LogP contribution in [0.5, 0.6) is 0 Å². The first kappa shape index (κ1) is 24.3. The zero-order chi connectivity index (χ0) is 25.7. The third-order valence-electron chi connectivity index (χ3n) is 6.59. The molecule has 190 valence electrons. The molecule has 8 nitrogen and oxygen atoms in total. The summed E-state index contributed by atoms with van der Waals surface area (Å²) in [6.07, 6.45) is 2.13. The average molecular weight is 520 g/mol. The molecule has 36 heavy (non-hydrogen) atoms. The summed E-state index contributed by atoms with van der Waals surface area (Å²) in [5.41, 5.74) is 2.03. The number of benzene rings is 1. The molecule has 1 fully saturated rings. The number of carbonyl (C=O) groups is 1. The monoisotopic (exact) mass is 519 g/mol. The molecular weight excluding hydrogens is 495 g/mol. The van der Waals surface area contributed by atoms with Gasteiger partial charge in [-0.1, -0.05) is 6.92 Å². The second-order valence-electron chi connectivity index (χ2n) is 8.97. The smallest absolute Gasteiger partial charge is 0.256 e. The predicted molar refractivity (Wildman–Crippen MR) is 125 cm³/mol. The van der Waals surface area contributed by atoms with E-state index in [0.29, 0.717) is 17.2 Å². The molecule has 2 aliphatic rings. The number of pyridine rings is 1. The lowest BCUT2D eigenvalue weighted by Crippen LogP contribution is -2.40. The fraction of sp³-hybridized carbons (Fsp3) is 0.375. The predicted octanol–water partition coefficient (Wildman–Crippen LogP) is 3.59. The molecular formula is C24H24F3N5O3S. The van der Waals surface area contributed by atoms with Gasteiger partial charge in [0.15, 0.2) is 15.7 Å². The van der Waals surface area contributed by atoms with Crippen molar-refractivity contribution in [1.29, 1.82) is 0 Å². The maximum atomic E-state index is 13.7. The Morgan fingerprint density at radius 2 is 1.86 bits per heavy atom. The largest absolute Gasteiger partial charge is 0.370 e. The Kier molecular flexibility index (Phi) is 6.01. The maximum absolute atomic E-state index is 13.7. The minimum atomic E-state index is -3.58. The molecule has 4 heterocycles. The zero-order valence-corrected chi connectivity index (χ0v) is 20.3. The van der Waals surface area contributed by atoms with Gasteiger partial charge < -0.3 is 9.80 Å². The number of halogens is 3.